The van der Waals surface area contributed by atoms with Crippen molar-refractivity contribution < 1.29 is 18.3 Å². The highest BCUT2D eigenvalue weighted by molar-refractivity contribution is 7.92. The molecule has 0 saturated carbocycles. The molecule has 0 aliphatic rings. The number of benzene rings is 3. The molecule has 0 bridgehead atoms. The van der Waals surface area contributed by atoms with Gasteiger partial charge in [-0.3, -0.25) is 14.6 Å². The van der Waals surface area contributed by atoms with E-state index in [-0.39, 0.29) is 35.4 Å². The summed E-state index contributed by atoms with van der Waals surface area (Å²) < 4.78 is 30.1. The first kappa shape index (κ1) is 30.7. The molecule has 7 N–H and O–H groups in total. The van der Waals surface area contributed by atoms with Crippen molar-refractivity contribution in [2.45, 2.75) is 49.9 Å². The largest absolute Gasteiger partial charge is 0.387 e. The minimum Gasteiger partial charge on any atom is -0.387 e. The van der Waals surface area contributed by atoms with E-state index in [1.807, 2.05) is 24.4 Å². The molecule has 2 aromatic heterocycles. The van der Waals surface area contributed by atoms with Crippen LogP contribution in [0.5, 0.6) is 0 Å². The maximum atomic E-state index is 12.7. The number of carbonyl (C=O) groups is 1. The zero-order chi connectivity index (χ0) is 31.3. The quantitative estimate of drug-likeness (QED) is 0.116. The fourth-order valence-corrected chi connectivity index (χ4v) is 5.86. The Hall–Kier alpha value is -4.72. The number of hydrogen-bond acceptors (Lipinski definition) is 8. The lowest BCUT2D eigenvalue weighted by atomic mass is 9.99. The van der Waals surface area contributed by atoms with Gasteiger partial charge < -0.3 is 26.0 Å². The van der Waals surface area contributed by atoms with Gasteiger partial charge in [0.2, 0.25) is 5.95 Å². The molecule has 44 heavy (non-hydrogen) atoms. The summed E-state index contributed by atoms with van der Waals surface area (Å²) in [6.45, 7) is 5.33. The zero-order valence-electron chi connectivity index (χ0n) is 24.5. The Morgan fingerprint density at radius 1 is 1.07 bits per heavy atom. The second kappa shape index (κ2) is 12.9. The van der Waals surface area contributed by atoms with Crippen molar-refractivity contribution >= 4 is 38.5 Å². The number of fused-ring (bicyclic) bond motifs is 1. The van der Waals surface area contributed by atoms with E-state index in [1.165, 1.54) is 12.1 Å². The highest BCUT2D eigenvalue weighted by Crippen LogP contribution is 2.23. The number of carbonyl (C=O) groups excluding carboxylic acids is 1. The Kier molecular flexibility index (Phi) is 8.99. The number of amides is 1. The summed E-state index contributed by atoms with van der Waals surface area (Å²) in [4.78, 5) is 16.8. The number of H-pyrrole nitrogens is 1. The van der Waals surface area contributed by atoms with Crippen molar-refractivity contribution in [3.63, 3.8) is 0 Å². The minimum atomic E-state index is -3.73. The van der Waals surface area contributed by atoms with Crippen molar-refractivity contribution in [1.82, 2.24) is 30.4 Å². The molecule has 2 heterocycles. The van der Waals surface area contributed by atoms with Crippen molar-refractivity contribution in [3.05, 3.63) is 102 Å². The van der Waals surface area contributed by atoms with Gasteiger partial charge >= 0.3 is 0 Å². The number of hydrogen-bond donors (Lipinski definition) is 6. The molecule has 5 rings (SSSR count). The van der Waals surface area contributed by atoms with E-state index >= 15 is 0 Å². The minimum absolute atomic E-state index is 0.128. The molecule has 1 amide bonds. The van der Waals surface area contributed by atoms with Gasteiger partial charge in [0.05, 0.1) is 17.5 Å². The SMILES string of the molecule is CC(C)(CCn1ccc2cc(C(=O)NCc3nc(N)n[nH]3)ccc21)NC[C@H](O)c1cccc(NS(=O)(=O)c2ccccc2)c1. The summed E-state index contributed by atoms with van der Waals surface area (Å²) in [5.41, 5.74) is 7.72. The van der Waals surface area contributed by atoms with Crippen LogP contribution >= 0.6 is 0 Å². The molecule has 230 valence electrons. The van der Waals surface area contributed by atoms with Gasteiger partial charge in [0.1, 0.15) is 5.82 Å². The molecule has 0 aliphatic heterocycles. The molecular weight excluding hydrogens is 580 g/mol. The molecule has 12 nitrogen and oxygen atoms in total. The van der Waals surface area contributed by atoms with Gasteiger partial charge in [0.25, 0.3) is 15.9 Å². The molecule has 0 fully saturated rings. The van der Waals surface area contributed by atoms with Crippen LogP contribution in [0.3, 0.4) is 0 Å². The van der Waals surface area contributed by atoms with Crippen LogP contribution in [-0.4, -0.2) is 51.3 Å². The average molecular weight is 617 g/mol. The molecule has 5 aromatic rings. The Morgan fingerprint density at radius 2 is 1.86 bits per heavy atom. The van der Waals surface area contributed by atoms with Crippen LogP contribution in [0.4, 0.5) is 11.6 Å². The number of nitrogens with two attached hydrogens (primary N) is 1. The molecule has 0 unspecified atom stereocenters. The summed E-state index contributed by atoms with van der Waals surface area (Å²) in [6, 6.07) is 22.5. The van der Waals surface area contributed by atoms with Crippen LogP contribution in [0.15, 0.2) is 90.0 Å². The standard InChI is InChI=1S/C31H36N8O4S/c1-31(2,34-19-27(40)22-7-6-8-24(18-22)38-44(42,43)25-9-4-3-5-10-25)14-16-39-15-13-21-17-23(11-12-26(21)39)29(41)33-20-28-35-30(32)37-36-28/h3-13,15,17-18,27,34,38,40H,14,16,19-20H2,1-2H3,(H,33,41)(H3,32,35,36,37)/t27-/m0/s1. The van der Waals surface area contributed by atoms with E-state index in [0.717, 1.165) is 23.9 Å². The fourth-order valence-electron chi connectivity index (χ4n) is 4.79. The van der Waals surface area contributed by atoms with Gasteiger partial charge in [-0.2, -0.15) is 4.98 Å². The summed E-state index contributed by atoms with van der Waals surface area (Å²) in [6.07, 6.45) is 1.92. The highest BCUT2D eigenvalue weighted by Gasteiger charge is 2.21. The Balaban J connectivity index is 1.14. The molecule has 13 heteroatoms. The third-order valence-electron chi connectivity index (χ3n) is 7.33. The number of nitrogen functional groups attached to an aromatic ring is 1. The Labute approximate surface area is 255 Å². The van der Waals surface area contributed by atoms with Gasteiger partial charge in [0, 0.05) is 47.0 Å². The van der Waals surface area contributed by atoms with E-state index in [2.05, 4.69) is 49.0 Å². The van der Waals surface area contributed by atoms with Gasteiger partial charge in [-0.05, 0) is 74.4 Å². The van der Waals surface area contributed by atoms with Crippen LogP contribution in [0.1, 0.15) is 48.1 Å². The number of aromatic amines is 1. The topological polar surface area (TPSA) is 180 Å². The monoisotopic (exact) mass is 616 g/mol. The summed E-state index contributed by atoms with van der Waals surface area (Å²) in [5, 5.41) is 24.5. The average Bonchev–Trinajstić information content (AvgIpc) is 3.63. The molecule has 3 aromatic carbocycles. The Bertz CT molecular complexity index is 1850. The van der Waals surface area contributed by atoms with Gasteiger partial charge in [-0.25, -0.2) is 8.42 Å². The van der Waals surface area contributed by atoms with Crippen molar-refractivity contribution in [2.75, 3.05) is 17.0 Å². The number of rotatable bonds is 13. The molecule has 0 aliphatic carbocycles. The number of sulfonamides is 1. The van der Waals surface area contributed by atoms with Crippen molar-refractivity contribution in [3.8, 4) is 0 Å². The first-order valence-corrected chi connectivity index (χ1v) is 15.6. The van der Waals surface area contributed by atoms with E-state index in [0.29, 0.717) is 22.6 Å². The van der Waals surface area contributed by atoms with Crippen LogP contribution in [0.25, 0.3) is 10.9 Å². The maximum Gasteiger partial charge on any atom is 0.261 e. The second-order valence-corrected chi connectivity index (χ2v) is 12.9. The van der Waals surface area contributed by atoms with Crippen molar-refractivity contribution in [2.24, 2.45) is 0 Å². The number of anilines is 2. The van der Waals surface area contributed by atoms with E-state index in [1.54, 1.807) is 48.5 Å². The van der Waals surface area contributed by atoms with E-state index in [9.17, 15) is 18.3 Å². The lowest BCUT2D eigenvalue weighted by Gasteiger charge is -2.28. The van der Waals surface area contributed by atoms with E-state index < -0.39 is 16.1 Å². The third kappa shape index (κ3) is 7.61. The maximum absolute atomic E-state index is 12.7. The zero-order valence-corrected chi connectivity index (χ0v) is 25.3. The number of aromatic nitrogens is 4. The molecule has 1 atom stereocenters. The first-order chi connectivity index (χ1) is 21.0. The highest BCUT2D eigenvalue weighted by atomic mass is 32.2. The molecule has 0 spiro atoms. The Morgan fingerprint density at radius 3 is 2.61 bits per heavy atom. The van der Waals surface area contributed by atoms with Crippen LogP contribution in [-0.2, 0) is 23.1 Å². The number of nitrogens with zero attached hydrogens (tertiary/aromatic N) is 3. The number of aryl methyl sites for hydroxylation is 1. The first-order valence-electron chi connectivity index (χ1n) is 14.1. The van der Waals surface area contributed by atoms with Crippen molar-refractivity contribution in [1.29, 1.82) is 0 Å². The smallest absolute Gasteiger partial charge is 0.261 e. The molecule has 0 saturated heterocycles. The predicted molar refractivity (Wildman–Crippen MR) is 169 cm³/mol. The summed E-state index contributed by atoms with van der Waals surface area (Å²) in [5.74, 6) is 0.382. The number of aliphatic hydroxyl groups excluding tert-OH is 1. The summed E-state index contributed by atoms with van der Waals surface area (Å²) >= 11 is 0. The number of β-amino-alcohol motifs (C(OH)–C–C–N with tert-alkyl or cyclic N) is 1. The lowest BCUT2D eigenvalue weighted by Crippen LogP contribution is -2.42. The van der Waals surface area contributed by atoms with Crippen LogP contribution < -0.4 is 21.1 Å². The second-order valence-electron chi connectivity index (χ2n) is 11.2. The lowest BCUT2D eigenvalue weighted by molar-refractivity contribution is 0.0950. The third-order valence-corrected chi connectivity index (χ3v) is 8.72. The van der Waals surface area contributed by atoms with Crippen LogP contribution in [0, 0.1) is 0 Å². The molecular formula is C31H36N8O4S. The number of aliphatic hydroxyl groups is 1. The normalized spacial score (nSPS) is 12.7. The van der Waals surface area contributed by atoms with Gasteiger partial charge in [-0.15, -0.1) is 5.10 Å². The van der Waals surface area contributed by atoms with E-state index in [4.69, 9.17) is 5.73 Å². The van der Waals surface area contributed by atoms with Gasteiger partial charge in [0.15, 0.2) is 0 Å². The van der Waals surface area contributed by atoms with Crippen LogP contribution in [0.2, 0.25) is 0 Å². The van der Waals surface area contributed by atoms with Gasteiger partial charge in [-0.1, -0.05) is 30.3 Å². The fraction of sp³-hybridized carbons (Fsp3) is 0.258. The predicted octanol–water partition coefficient (Wildman–Crippen LogP) is 3.56. The summed E-state index contributed by atoms with van der Waals surface area (Å²) in [7, 11) is -3.73. The molecule has 0 radical (unpaired) electrons. The number of nitrogens with one attached hydrogen (secondary N) is 4.